The molecule has 1 amide bonds. The number of halogens is 5. The molecule has 0 radical (unpaired) electrons. The van der Waals surface area contributed by atoms with Gasteiger partial charge >= 0.3 is 6.18 Å². The van der Waals surface area contributed by atoms with Crippen LogP contribution in [0.1, 0.15) is 24.2 Å². The Bertz CT molecular complexity index is 477. The lowest BCUT2D eigenvalue weighted by atomic mass is 10.1. The van der Waals surface area contributed by atoms with Crippen LogP contribution in [0.5, 0.6) is 0 Å². The highest BCUT2D eigenvalue weighted by atomic mass is 127. The number of benzene rings is 1. The van der Waals surface area contributed by atoms with Gasteiger partial charge in [0.25, 0.3) is 5.91 Å². The Morgan fingerprint density at radius 2 is 2.00 bits per heavy atom. The van der Waals surface area contributed by atoms with Gasteiger partial charge in [-0.15, -0.1) is 0 Å². The van der Waals surface area contributed by atoms with Gasteiger partial charge in [0, 0.05) is 14.1 Å². The average Bonchev–Trinajstić information content (AvgIpc) is 2.27. The summed E-state index contributed by atoms with van der Waals surface area (Å²) in [5.41, 5.74) is 0.241. The number of carbonyl (C=O) groups is 1. The van der Waals surface area contributed by atoms with E-state index in [0.717, 1.165) is 8.47 Å². The molecule has 1 rings (SSSR count). The summed E-state index contributed by atoms with van der Waals surface area (Å²) in [6.07, 6.45) is -4.41. The molecule has 0 aliphatic carbocycles. The van der Waals surface area contributed by atoms with Crippen molar-refractivity contribution >= 4 is 44.4 Å². The number of alkyl halides is 3. The second-order valence-electron chi connectivity index (χ2n) is 4.27. The van der Waals surface area contributed by atoms with Gasteiger partial charge in [-0.1, -0.05) is 0 Å². The Morgan fingerprint density at radius 3 is 2.47 bits per heavy atom. The van der Waals surface area contributed by atoms with Crippen LogP contribution in [-0.2, 0) is 0 Å². The number of amides is 1. The van der Waals surface area contributed by atoms with E-state index in [4.69, 9.17) is 0 Å². The second-order valence-corrected chi connectivity index (χ2v) is 6.37. The van der Waals surface area contributed by atoms with E-state index in [1.807, 2.05) is 22.6 Å². The van der Waals surface area contributed by atoms with Gasteiger partial charge in [0.05, 0.1) is 5.56 Å². The summed E-state index contributed by atoms with van der Waals surface area (Å²) in [7, 11) is 0. The normalized spacial score (nSPS) is 11.8. The zero-order valence-electron chi connectivity index (χ0n) is 10.3. The van der Waals surface area contributed by atoms with E-state index in [1.165, 1.54) is 0 Å². The van der Waals surface area contributed by atoms with Crippen LogP contribution in [0.2, 0.25) is 0 Å². The van der Waals surface area contributed by atoms with Crippen molar-refractivity contribution < 1.29 is 18.0 Å². The molecule has 0 heterocycles. The van der Waals surface area contributed by atoms with E-state index in [1.54, 1.807) is 32.0 Å². The van der Waals surface area contributed by atoms with Gasteiger partial charge in [0.15, 0.2) is 0 Å². The fourth-order valence-electron chi connectivity index (χ4n) is 1.50. The molecular weight excluding hydrogens is 438 g/mol. The molecule has 2 nitrogen and oxygen atoms in total. The van der Waals surface area contributed by atoms with E-state index in [2.05, 4.69) is 15.9 Å². The fraction of sp³-hybridized carbons (Fsp3) is 0.417. The van der Waals surface area contributed by atoms with Crippen LogP contribution in [0.25, 0.3) is 0 Å². The maximum Gasteiger partial charge on any atom is 0.406 e. The molecule has 0 atom stereocenters. The van der Waals surface area contributed by atoms with E-state index < -0.39 is 24.7 Å². The monoisotopic (exact) mass is 449 g/mol. The molecule has 0 unspecified atom stereocenters. The van der Waals surface area contributed by atoms with Crippen LogP contribution >= 0.6 is 38.5 Å². The Morgan fingerprint density at radius 1 is 1.42 bits per heavy atom. The average molecular weight is 450 g/mol. The number of nitrogens with zero attached hydrogens (tertiary/aromatic N) is 1. The highest BCUT2D eigenvalue weighted by Crippen LogP contribution is 2.24. The predicted octanol–water partition coefficient (Wildman–Crippen LogP) is 4.47. The van der Waals surface area contributed by atoms with Crippen molar-refractivity contribution in [3.63, 3.8) is 0 Å². The van der Waals surface area contributed by atoms with Gasteiger partial charge in [-0.3, -0.25) is 4.79 Å². The van der Waals surface area contributed by atoms with Crippen LogP contribution < -0.4 is 0 Å². The smallest absolute Gasteiger partial charge is 0.327 e. The maximum absolute atomic E-state index is 12.5. The summed E-state index contributed by atoms with van der Waals surface area (Å²) in [6, 6.07) is 4.46. The first-order valence-electron chi connectivity index (χ1n) is 5.44. The molecule has 0 bridgehead atoms. The first-order chi connectivity index (χ1) is 8.61. The third kappa shape index (κ3) is 4.94. The van der Waals surface area contributed by atoms with Gasteiger partial charge in [0.2, 0.25) is 0 Å². The second kappa shape index (κ2) is 6.43. The van der Waals surface area contributed by atoms with Gasteiger partial charge in [-0.2, -0.15) is 13.2 Å². The van der Waals surface area contributed by atoms with Gasteiger partial charge in [0.1, 0.15) is 6.54 Å². The molecule has 19 heavy (non-hydrogen) atoms. The molecular formula is C12H12BrF3INO. The number of carbonyl (C=O) groups excluding carboxylic acids is 1. The van der Waals surface area contributed by atoms with E-state index in [9.17, 15) is 18.0 Å². The predicted molar refractivity (Wildman–Crippen MR) is 79.1 cm³/mol. The highest BCUT2D eigenvalue weighted by Gasteiger charge is 2.35. The molecule has 0 N–H and O–H groups in total. The summed E-state index contributed by atoms with van der Waals surface area (Å²) in [5.74, 6) is -0.627. The molecule has 1 aromatic carbocycles. The van der Waals surface area contributed by atoms with Crippen LogP contribution in [0.4, 0.5) is 13.2 Å². The third-order valence-electron chi connectivity index (χ3n) is 2.39. The molecule has 0 fully saturated rings. The number of hydrogen-bond acceptors (Lipinski definition) is 1. The van der Waals surface area contributed by atoms with Crippen molar-refractivity contribution in [3.8, 4) is 0 Å². The Labute approximate surface area is 131 Å². The topological polar surface area (TPSA) is 20.3 Å². The highest BCUT2D eigenvalue weighted by molar-refractivity contribution is 14.1. The van der Waals surface area contributed by atoms with Gasteiger partial charge in [-0.25, -0.2) is 0 Å². The Kier molecular flexibility index (Phi) is 5.66. The maximum atomic E-state index is 12.5. The minimum absolute atomic E-state index is 0.241. The summed E-state index contributed by atoms with van der Waals surface area (Å²) < 4.78 is 38.8. The Balaban J connectivity index is 3.09. The summed E-state index contributed by atoms with van der Waals surface area (Å²) in [6.45, 7) is 1.87. The molecule has 106 valence electrons. The molecule has 0 saturated heterocycles. The van der Waals surface area contributed by atoms with Crippen molar-refractivity contribution in [2.45, 2.75) is 26.1 Å². The molecule has 0 aliphatic rings. The molecule has 0 spiro atoms. The molecule has 0 aliphatic heterocycles. The van der Waals surface area contributed by atoms with E-state index in [0.29, 0.717) is 4.47 Å². The zero-order chi connectivity index (χ0) is 14.8. The first kappa shape index (κ1) is 16.7. The molecule has 1 aromatic rings. The van der Waals surface area contributed by atoms with Crippen molar-refractivity contribution in [3.05, 3.63) is 31.8 Å². The Hall–Kier alpha value is -0.310. The van der Waals surface area contributed by atoms with Gasteiger partial charge < -0.3 is 4.90 Å². The largest absolute Gasteiger partial charge is 0.406 e. The SMILES string of the molecule is CC(C)N(CC(F)(F)F)C(=O)c1cc(I)ccc1Br. The lowest BCUT2D eigenvalue weighted by Crippen LogP contribution is -2.43. The van der Waals surface area contributed by atoms with Crippen LogP contribution in [0.15, 0.2) is 22.7 Å². The number of rotatable bonds is 3. The van der Waals surface area contributed by atoms with Crippen LogP contribution in [0.3, 0.4) is 0 Å². The van der Waals surface area contributed by atoms with Crippen molar-refractivity contribution in [2.75, 3.05) is 6.54 Å². The van der Waals surface area contributed by atoms with Crippen LogP contribution in [-0.4, -0.2) is 29.6 Å². The lowest BCUT2D eigenvalue weighted by Gasteiger charge is -2.28. The fourth-order valence-corrected chi connectivity index (χ4v) is 2.41. The van der Waals surface area contributed by atoms with E-state index >= 15 is 0 Å². The van der Waals surface area contributed by atoms with Crippen molar-refractivity contribution in [1.82, 2.24) is 4.90 Å². The summed E-state index contributed by atoms with van der Waals surface area (Å²) in [5, 5.41) is 0. The number of hydrogen-bond donors (Lipinski definition) is 0. The minimum Gasteiger partial charge on any atom is -0.327 e. The van der Waals surface area contributed by atoms with E-state index in [-0.39, 0.29) is 5.56 Å². The standard InChI is InChI=1S/C12H12BrF3INO/c1-7(2)18(6-12(14,15)16)11(19)9-5-8(17)3-4-10(9)13/h3-5,7H,6H2,1-2H3. The lowest BCUT2D eigenvalue weighted by molar-refractivity contribution is -0.143. The summed E-state index contributed by atoms with van der Waals surface area (Å²) >= 11 is 5.21. The molecule has 7 heteroatoms. The van der Waals surface area contributed by atoms with Gasteiger partial charge in [-0.05, 0) is 70.6 Å². The summed E-state index contributed by atoms with van der Waals surface area (Å²) in [4.78, 5) is 13.0. The quantitative estimate of drug-likeness (QED) is 0.623. The third-order valence-corrected chi connectivity index (χ3v) is 3.76. The van der Waals surface area contributed by atoms with Crippen molar-refractivity contribution in [1.29, 1.82) is 0 Å². The molecule has 0 aromatic heterocycles. The first-order valence-corrected chi connectivity index (χ1v) is 7.32. The van der Waals surface area contributed by atoms with Crippen molar-refractivity contribution in [2.24, 2.45) is 0 Å². The minimum atomic E-state index is -4.41. The van der Waals surface area contributed by atoms with Crippen LogP contribution in [0, 0.1) is 3.57 Å². The molecule has 0 saturated carbocycles. The zero-order valence-corrected chi connectivity index (χ0v) is 14.0.